The predicted octanol–water partition coefficient (Wildman–Crippen LogP) is 3.85. The summed E-state index contributed by atoms with van der Waals surface area (Å²) in [6.07, 6.45) is 7.19. The Morgan fingerprint density at radius 1 is 1.33 bits per heavy atom. The van der Waals surface area contributed by atoms with Gasteiger partial charge in [0, 0.05) is 18.5 Å². The Bertz CT molecular complexity index is 530. The maximum Gasteiger partial charge on any atom is 0.216 e. The molecule has 1 heterocycles. The van der Waals surface area contributed by atoms with Gasteiger partial charge in [-0.05, 0) is 31.6 Å². The zero-order valence-electron chi connectivity index (χ0n) is 16.0. The van der Waals surface area contributed by atoms with E-state index in [1.54, 1.807) is 0 Å². The second-order valence-corrected chi connectivity index (χ2v) is 8.08. The fraction of sp³-hybridized carbons (Fsp3) is 0.789. The van der Waals surface area contributed by atoms with Crippen LogP contribution < -0.4 is 10.6 Å². The second kappa shape index (κ2) is 8.54. The third-order valence-electron chi connectivity index (χ3n) is 4.61. The van der Waals surface area contributed by atoms with Crippen molar-refractivity contribution in [2.45, 2.75) is 72.3 Å². The van der Waals surface area contributed by atoms with Gasteiger partial charge in [0.15, 0.2) is 5.96 Å². The molecule has 1 fully saturated rings. The van der Waals surface area contributed by atoms with Gasteiger partial charge in [0.25, 0.3) is 0 Å². The summed E-state index contributed by atoms with van der Waals surface area (Å²) in [5, 5.41) is 6.80. The van der Waals surface area contributed by atoms with Crippen LogP contribution in [0.15, 0.2) is 15.6 Å². The molecule has 0 aliphatic heterocycles. The molecule has 0 bridgehead atoms. The molecule has 2 rings (SSSR count). The third-order valence-corrected chi connectivity index (χ3v) is 4.61. The molecule has 0 amide bonds. The second-order valence-electron chi connectivity index (χ2n) is 8.08. The van der Waals surface area contributed by atoms with E-state index in [9.17, 15) is 0 Å². The molecule has 2 N–H and O–H groups in total. The lowest BCUT2D eigenvalue weighted by atomic mass is 9.82. The van der Waals surface area contributed by atoms with E-state index >= 15 is 0 Å². The number of nitrogens with zero attached hydrogens (tertiary/aromatic N) is 2. The normalized spacial score (nSPS) is 22.5. The summed E-state index contributed by atoms with van der Waals surface area (Å²) in [5.74, 6) is 4.04. The number of guanidine groups is 1. The van der Waals surface area contributed by atoms with E-state index < -0.39 is 0 Å². The quantitative estimate of drug-likeness (QED) is 0.634. The summed E-state index contributed by atoms with van der Waals surface area (Å²) in [4.78, 5) is 8.97. The highest BCUT2D eigenvalue weighted by Crippen LogP contribution is 2.27. The summed E-state index contributed by atoms with van der Waals surface area (Å²) < 4.78 is 5.81. The molecule has 2 atom stereocenters. The number of aliphatic imine (C=N–C) groups is 1. The third kappa shape index (κ3) is 5.84. The minimum atomic E-state index is -0.0185. The predicted molar refractivity (Wildman–Crippen MR) is 99.1 cm³/mol. The first-order chi connectivity index (χ1) is 11.4. The molecule has 1 aliphatic carbocycles. The van der Waals surface area contributed by atoms with Gasteiger partial charge in [0.2, 0.25) is 5.89 Å². The van der Waals surface area contributed by atoms with Crippen molar-refractivity contribution in [1.29, 1.82) is 0 Å². The highest BCUT2D eigenvalue weighted by molar-refractivity contribution is 5.79. The van der Waals surface area contributed by atoms with Gasteiger partial charge < -0.3 is 15.1 Å². The van der Waals surface area contributed by atoms with Gasteiger partial charge in [-0.25, -0.2) is 9.98 Å². The Morgan fingerprint density at radius 3 is 2.75 bits per heavy atom. The maximum atomic E-state index is 5.81. The van der Waals surface area contributed by atoms with Crippen molar-refractivity contribution in [3.05, 3.63) is 17.8 Å². The number of hydrogen-bond donors (Lipinski definition) is 2. The van der Waals surface area contributed by atoms with Crippen LogP contribution in [-0.2, 0) is 12.0 Å². The molecular formula is C19H34N4O. The van der Waals surface area contributed by atoms with E-state index in [2.05, 4.69) is 55.2 Å². The van der Waals surface area contributed by atoms with Gasteiger partial charge in [-0.2, -0.15) is 0 Å². The van der Waals surface area contributed by atoms with Gasteiger partial charge in [-0.1, -0.05) is 40.5 Å². The molecule has 136 valence electrons. The summed E-state index contributed by atoms with van der Waals surface area (Å²) in [6, 6.07) is 0. The Hall–Kier alpha value is -1.52. The van der Waals surface area contributed by atoms with Gasteiger partial charge in [-0.3, -0.25) is 0 Å². The van der Waals surface area contributed by atoms with Crippen molar-refractivity contribution in [3.63, 3.8) is 0 Å². The standard InChI is InChI=1S/C19H34N4O/c1-6-20-18(22-11-15-9-7-8-14(2)10-15)23-13-17-21-12-16(24-17)19(3,4)5/h12,14-15H,6-11,13H2,1-5H3,(H2,20,22,23). The lowest BCUT2D eigenvalue weighted by Crippen LogP contribution is -2.40. The first kappa shape index (κ1) is 18.8. The Balaban J connectivity index is 1.89. The number of nitrogens with one attached hydrogen (secondary N) is 2. The van der Waals surface area contributed by atoms with Crippen molar-refractivity contribution < 1.29 is 4.42 Å². The van der Waals surface area contributed by atoms with Gasteiger partial charge in [-0.15, -0.1) is 0 Å². The topological polar surface area (TPSA) is 62.5 Å². The molecule has 0 spiro atoms. The van der Waals surface area contributed by atoms with E-state index in [1.165, 1.54) is 25.7 Å². The smallest absolute Gasteiger partial charge is 0.216 e. The molecule has 2 unspecified atom stereocenters. The van der Waals surface area contributed by atoms with Crippen LogP contribution in [0.1, 0.15) is 72.0 Å². The molecule has 0 aromatic carbocycles. The molecular weight excluding hydrogens is 300 g/mol. The minimum absolute atomic E-state index is 0.0185. The molecule has 1 aromatic heterocycles. The zero-order valence-corrected chi connectivity index (χ0v) is 16.0. The zero-order chi connectivity index (χ0) is 17.6. The fourth-order valence-corrected chi connectivity index (χ4v) is 3.20. The van der Waals surface area contributed by atoms with E-state index in [0.717, 1.165) is 36.6 Å². The van der Waals surface area contributed by atoms with E-state index in [4.69, 9.17) is 4.42 Å². The van der Waals surface area contributed by atoms with Crippen molar-refractivity contribution in [1.82, 2.24) is 15.6 Å². The summed E-state index contributed by atoms with van der Waals surface area (Å²) >= 11 is 0. The van der Waals surface area contributed by atoms with Crippen molar-refractivity contribution in [2.24, 2.45) is 16.8 Å². The van der Waals surface area contributed by atoms with Crippen LogP contribution >= 0.6 is 0 Å². The lowest BCUT2D eigenvalue weighted by molar-refractivity contribution is 0.282. The molecule has 5 nitrogen and oxygen atoms in total. The first-order valence-electron chi connectivity index (χ1n) is 9.35. The number of aromatic nitrogens is 1. The van der Waals surface area contributed by atoms with Crippen LogP contribution in [0.3, 0.4) is 0 Å². The average Bonchev–Trinajstić information content (AvgIpc) is 2.99. The van der Waals surface area contributed by atoms with Crippen LogP contribution in [0.25, 0.3) is 0 Å². The van der Waals surface area contributed by atoms with Crippen LogP contribution in [0.2, 0.25) is 0 Å². The van der Waals surface area contributed by atoms with Crippen molar-refractivity contribution in [2.75, 3.05) is 13.1 Å². The molecule has 0 saturated heterocycles. The monoisotopic (exact) mass is 334 g/mol. The van der Waals surface area contributed by atoms with Crippen molar-refractivity contribution in [3.8, 4) is 0 Å². The molecule has 1 aliphatic rings. The SMILES string of the molecule is CCNC(=NCc1ncc(C(C)(C)C)o1)NCC1CCCC(C)C1. The van der Waals surface area contributed by atoms with Crippen LogP contribution in [-0.4, -0.2) is 24.0 Å². The Kier molecular flexibility index (Phi) is 6.69. The van der Waals surface area contributed by atoms with E-state index in [0.29, 0.717) is 12.4 Å². The molecule has 1 aromatic rings. The van der Waals surface area contributed by atoms with Crippen molar-refractivity contribution >= 4 is 5.96 Å². The Morgan fingerprint density at radius 2 is 2.12 bits per heavy atom. The van der Waals surface area contributed by atoms with Gasteiger partial charge in [0.1, 0.15) is 12.3 Å². The fourth-order valence-electron chi connectivity index (χ4n) is 3.20. The molecule has 5 heteroatoms. The van der Waals surface area contributed by atoms with Gasteiger partial charge in [0.05, 0.1) is 6.20 Å². The summed E-state index contributed by atoms with van der Waals surface area (Å²) in [5.41, 5.74) is -0.0185. The summed E-state index contributed by atoms with van der Waals surface area (Å²) in [7, 11) is 0. The van der Waals surface area contributed by atoms with Crippen LogP contribution in [0, 0.1) is 11.8 Å². The first-order valence-corrected chi connectivity index (χ1v) is 9.35. The largest absolute Gasteiger partial charge is 0.443 e. The Labute approximate surface area is 146 Å². The molecule has 24 heavy (non-hydrogen) atoms. The van der Waals surface area contributed by atoms with E-state index in [-0.39, 0.29) is 5.41 Å². The average molecular weight is 335 g/mol. The maximum absolute atomic E-state index is 5.81. The van der Waals surface area contributed by atoms with E-state index in [1.807, 2.05) is 6.20 Å². The van der Waals surface area contributed by atoms with Crippen LogP contribution in [0.4, 0.5) is 0 Å². The summed E-state index contributed by atoms with van der Waals surface area (Å²) in [6.45, 7) is 13.1. The highest BCUT2D eigenvalue weighted by atomic mass is 16.4. The van der Waals surface area contributed by atoms with Crippen LogP contribution in [0.5, 0.6) is 0 Å². The molecule has 0 radical (unpaired) electrons. The minimum Gasteiger partial charge on any atom is -0.443 e. The highest BCUT2D eigenvalue weighted by Gasteiger charge is 2.20. The number of rotatable bonds is 5. The number of oxazole rings is 1. The molecule has 1 saturated carbocycles. The lowest BCUT2D eigenvalue weighted by Gasteiger charge is -2.27. The number of hydrogen-bond acceptors (Lipinski definition) is 3. The van der Waals surface area contributed by atoms with Gasteiger partial charge >= 0.3 is 0 Å².